The van der Waals surface area contributed by atoms with E-state index in [2.05, 4.69) is 9.50 Å². The van der Waals surface area contributed by atoms with Gasteiger partial charge in [-0.25, -0.2) is 8.42 Å². The van der Waals surface area contributed by atoms with Gasteiger partial charge in [0.15, 0.2) is 9.84 Å². The van der Waals surface area contributed by atoms with E-state index in [1.807, 2.05) is 0 Å². The first-order chi connectivity index (χ1) is 9.59. The third-order valence-electron chi connectivity index (χ3n) is 3.28. The van der Waals surface area contributed by atoms with Gasteiger partial charge in [0.25, 0.3) is 0 Å². The van der Waals surface area contributed by atoms with Crippen LogP contribution in [0.3, 0.4) is 0 Å². The quantitative estimate of drug-likeness (QED) is 0.807. The van der Waals surface area contributed by atoms with Crippen LogP contribution in [-0.2, 0) is 28.9 Å². The van der Waals surface area contributed by atoms with Crippen molar-refractivity contribution in [2.75, 3.05) is 7.11 Å². The number of carbonyl (C=O) groups excluding carboxylic acids is 1. The summed E-state index contributed by atoms with van der Waals surface area (Å²) < 4.78 is 52.4. The van der Waals surface area contributed by atoms with Gasteiger partial charge in [-0.3, -0.25) is 8.98 Å². The Labute approximate surface area is 127 Å². The lowest BCUT2D eigenvalue weighted by Crippen LogP contribution is -2.35. The molecule has 7 nitrogen and oxygen atoms in total. The largest absolute Gasteiger partial charge is 0.349 e. The molecule has 0 spiro atoms. The minimum absolute atomic E-state index is 0.0179. The van der Waals surface area contributed by atoms with E-state index in [9.17, 15) is 21.6 Å². The van der Waals surface area contributed by atoms with E-state index in [1.54, 1.807) is 0 Å². The SMILES string of the molecule is COS(=O)(=O)c1cc2c(s1)S(=O)(=O)[C@@H](C)C[C@@H]2NC(C)=O. The molecule has 2 rings (SSSR count). The molecule has 1 aromatic heterocycles. The molecule has 0 saturated heterocycles. The third-order valence-corrected chi connectivity index (χ3v) is 8.88. The first-order valence-corrected chi connectivity index (χ1v) is 9.82. The number of sulfone groups is 1. The summed E-state index contributed by atoms with van der Waals surface area (Å²) >= 11 is 0.656. The Hall–Kier alpha value is -0.970. The monoisotopic (exact) mass is 353 g/mol. The smallest absolute Gasteiger partial charge is 0.306 e. The number of thiophene rings is 1. The van der Waals surface area contributed by atoms with Crippen LogP contribution in [0.25, 0.3) is 0 Å². The highest BCUT2D eigenvalue weighted by atomic mass is 32.3. The molecule has 2 atom stereocenters. The van der Waals surface area contributed by atoms with Gasteiger partial charge in [-0.15, -0.1) is 11.3 Å². The zero-order valence-corrected chi connectivity index (χ0v) is 14.1. The van der Waals surface area contributed by atoms with Gasteiger partial charge in [0.1, 0.15) is 8.42 Å². The number of fused-ring (bicyclic) bond motifs is 1. The van der Waals surface area contributed by atoms with E-state index >= 15 is 0 Å². The number of hydrogen-bond acceptors (Lipinski definition) is 7. The van der Waals surface area contributed by atoms with Crippen molar-refractivity contribution in [2.45, 2.75) is 40.0 Å². The standard InChI is InChI=1S/C11H15NO6S3/c1-6-4-9(12-7(2)13)8-5-10(21(16,17)18-3)19-11(8)20(6,14)15/h5-6,9H,4H2,1-3H3,(H,12,13)/t6-,9-/m0/s1. The number of hydrogen-bond donors (Lipinski definition) is 1. The first kappa shape index (κ1) is 16.4. The molecule has 2 heterocycles. The van der Waals surface area contributed by atoms with E-state index in [-0.39, 0.29) is 20.7 Å². The summed E-state index contributed by atoms with van der Waals surface area (Å²) in [6, 6.07) is 0.746. The lowest BCUT2D eigenvalue weighted by molar-refractivity contribution is -0.119. The first-order valence-electron chi connectivity index (χ1n) is 6.05. The maximum Gasteiger partial charge on any atom is 0.306 e. The van der Waals surface area contributed by atoms with Crippen LogP contribution in [0.1, 0.15) is 31.9 Å². The molecular weight excluding hydrogens is 338 g/mol. The van der Waals surface area contributed by atoms with Crippen molar-refractivity contribution < 1.29 is 25.8 Å². The topological polar surface area (TPSA) is 107 Å². The number of nitrogens with one attached hydrogen (secondary N) is 1. The van der Waals surface area contributed by atoms with E-state index < -0.39 is 31.2 Å². The average Bonchev–Trinajstić information content (AvgIpc) is 2.82. The van der Waals surface area contributed by atoms with E-state index in [0.29, 0.717) is 16.9 Å². The molecule has 21 heavy (non-hydrogen) atoms. The maximum absolute atomic E-state index is 12.3. The lowest BCUT2D eigenvalue weighted by atomic mass is 10.1. The molecular formula is C11H15NO6S3. The fourth-order valence-electron chi connectivity index (χ4n) is 2.19. The molecule has 10 heteroatoms. The summed E-state index contributed by atoms with van der Waals surface area (Å²) in [5.74, 6) is -0.306. The molecule has 1 amide bonds. The molecule has 0 radical (unpaired) electrons. The van der Waals surface area contributed by atoms with Crippen LogP contribution < -0.4 is 5.32 Å². The van der Waals surface area contributed by atoms with Crippen LogP contribution >= 0.6 is 11.3 Å². The molecule has 1 aliphatic heterocycles. The Morgan fingerprint density at radius 1 is 1.48 bits per heavy atom. The van der Waals surface area contributed by atoms with Crippen molar-refractivity contribution >= 4 is 37.2 Å². The normalized spacial score (nSPS) is 24.3. The van der Waals surface area contributed by atoms with Crippen LogP contribution in [0.4, 0.5) is 0 Å². The highest BCUT2D eigenvalue weighted by Crippen LogP contribution is 2.42. The van der Waals surface area contributed by atoms with Gasteiger partial charge in [-0.2, -0.15) is 8.42 Å². The average molecular weight is 353 g/mol. The van der Waals surface area contributed by atoms with Gasteiger partial charge in [0.05, 0.1) is 18.4 Å². The van der Waals surface area contributed by atoms with Crippen LogP contribution in [0.15, 0.2) is 14.5 Å². The van der Waals surface area contributed by atoms with Gasteiger partial charge in [-0.1, -0.05) is 0 Å². The van der Waals surface area contributed by atoms with Crippen LogP contribution in [-0.4, -0.2) is 35.1 Å². The van der Waals surface area contributed by atoms with E-state index in [0.717, 1.165) is 7.11 Å². The van der Waals surface area contributed by atoms with Crippen LogP contribution in [0.5, 0.6) is 0 Å². The second-order valence-corrected chi connectivity index (χ2v) is 10.3. The van der Waals surface area contributed by atoms with Crippen molar-refractivity contribution in [1.82, 2.24) is 5.32 Å². The minimum atomic E-state index is -3.97. The molecule has 0 fully saturated rings. The summed E-state index contributed by atoms with van der Waals surface area (Å²) in [4.78, 5) is 11.2. The predicted molar refractivity (Wildman–Crippen MR) is 76.3 cm³/mol. The van der Waals surface area contributed by atoms with Crippen LogP contribution in [0.2, 0.25) is 0 Å². The summed E-state index contributed by atoms with van der Waals surface area (Å²) in [5.41, 5.74) is 0.309. The highest BCUT2D eigenvalue weighted by molar-refractivity contribution is 7.95. The molecule has 1 aliphatic rings. The van der Waals surface area contributed by atoms with Crippen molar-refractivity contribution in [3.8, 4) is 0 Å². The number of carbonyl (C=O) groups is 1. The van der Waals surface area contributed by atoms with E-state index in [1.165, 1.54) is 19.9 Å². The Kier molecular flexibility index (Phi) is 4.17. The molecule has 0 unspecified atom stereocenters. The second kappa shape index (κ2) is 5.34. The zero-order chi connectivity index (χ0) is 16.0. The fraction of sp³-hybridized carbons (Fsp3) is 0.545. The van der Waals surface area contributed by atoms with Crippen molar-refractivity contribution in [2.24, 2.45) is 0 Å². The Balaban J connectivity index is 2.63. The third kappa shape index (κ3) is 2.85. The summed E-state index contributed by atoms with van der Waals surface area (Å²) in [5, 5.41) is 1.96. The second-order valence-electron chi connectivity index (χ2n) is 4.77. The zero-order valence-electron chi connectivity index (χ0n) is 11.6. The molecule has 0 bridgehead atoms. The number of amides is 1. The molecule has 0 aliphatic carbocycles. The molecule has 1 N–H and O–H groups in total. The molecule has 1 aromatic rings. The lowest BCUT2D eigenvalue weighted by Gasteiger charge is -2.27. The van der Waals surface area contributed by atoms with Crippen molar-refractivity contribution in [3.63, 3.8) is 0 Å². The summed E-state index contributed by atoms with van der Waals surface area (Å²) in [7, 11) is -6.55. The number of rotatable bonds is 3. The molecule has 0 saturated carbocycles. The summed E-state index contributed by atoms with van der Waals surface area (Å²) in [6.45, 7) is 2.87. The van der Waals surface area contributed by atoms with Crippen LogP contribution in [0, 0.1) is 0 Å². The van der Waals surface area contributed by atoms with Gasteiger partial charge >= 0.3 is 10.1 Å². The van der Waals surface area contributed by atoms with Gasteiger partial charge in [-0.05, 0) is 19.4 Å². The van der Waals surface area contributed by atoms with Gasteiger partial charge in [0, 0.05) is 12.5 Å². The fourth-order valence-corrected chi connectivity index (χ4v) is 6.90. The molecule has 118 valence electrons. The Morgan fingerprint density at radius 3 is 2.62 bits per heavy atom. The minimum Gasteiger partial charge on any atom is -0.349 e. The van der Waals surface area contributed by atoms with Gasteiger partial charge < -0.3 is 5.32 Å². The van der Waals surface area contributed by atoms with Gasteiger partial charge in [0.2, 0.25) is 5.91 Å². The highest BCUT2D eigenvalue weighted by Gasteiger charge is 2.40. The predicted octanol–water partition coefficient (Wildman–Crippen LogP) is 0.826. The van der Waals surface area contributed by atoms with Crippen molar-refractivity contribution in [3.05, 3.63) is 11.6 Å². The Morgan fingerprint density at radius 2 is 2.10 bits per heavy atom. The van der Waals surface area contributed by atoms with E-state index in [4.69, 9.17) is 0 Å². The van der Waals surface area contributed by atoms with Crippen molar-refractivity contribution in [1.29, 1.82) is 0 Å². The molecule has 0 aromatic carbocycles. The Bertz CT molecular complexity index is 777. The maximum atomic E-state index is 12.3. The summed E-state index contributed by atoms with van der Waals surface area (Å²) in [6.07, 6.45) is 0.206.